The normalized spacial score (nSPS) is 11.8. The van der Waals surface area contributed by atoms with Gasteiger partial charge in [-0.15, -0.1) is 12.4 Å². The first-order valence-corrected chi connectivity index (χ1v) is 8.76. The molecule has 0 aromatic heterocycles. The highest BCUT2D eigenvalue weighted by Gasteiger charge is 2.13. The van der Waals surface area contributed by atoms with Crippen LogP contribution < -0.4 is 10.5 Å². The van der Waals surface area contributed by atoms with Crippen molar-refractivity contribution in [1.82, 2.24) is 4.72 Å². The molecule has 2 aromatic rings. The molecule has 0 aliphatic carbocycles. The van der Waals surface area contributed by atoms with Gasteiger partial charge in [0.25, 0.3) is 0 Å². The molecule has 7 heteroatoms. The van der Waals surface area contributed by atoms with Crippen LogP contribution in [-0.2, 0) is 23.1 Å². The molecule has 0 fully saturated rings. The van der Waals surface area contributed by atoms with Gasteiger partial charge in [-0.05, 0) is 37.1 Å². The number of nitrogens with two attached hydrogens (primary N) is 1. The number of hydrogen-bond donors (Lipinski definition) is 2. The maximum atomic E-state index is 12.3. The first-order valence-electron chi connectivity index (χ1n) is 7.27. The molecule has 24 heavy (non-hydrogen) atoms. The summed E-state index contributed by atoms with van der Waals surface area (Å²) in [6.07, 6.45) is 0. The largest absolute Gasteiger partial charge is 0.388 e. The second-order valence-electron chi connectivity index (χ2n) is 5.42. The maximum absolute atomic E-state index is 12.3. The van der Waals surface area contributed by atoms with Crippen molar-refractivity contribution < 1.29 is 8.42 Å². The number of nitrogens with one attached hydrogen (secondary N) is 1. The molecule has 3 N–H and O–H groups in total. The Morgan fingerprint density at radius 2 is 1.75 bits per heavy atom. The van der Waals surface area contributed by atoms with Crippen LogP contribution in [0.4, 0.5) is 0 Å². The monoisotopic (exact) mass is 367 g/mol. The third-order valence-electron chi connectivity index (χ3n) is 3.30. The highest BCUT2D eigenvalue weighted by atomic mass is 35.5. The van der Waals surface area contributed by atoms with Gasteiger partial charge in [-0.3, -0.25) is 4.99 Å². The topological polar surface area (TPSA) is 84.5 Å². The molecule has 0 amide bonds. The Morgan fingerprint density at radius 3 is 2.38 bits per heavy atom. The van der Waals surface area contributed by atoms with Crippen LogP contribution >= 0.6 is 12.4 Å². The Balaban J connectivity index is 0.00000288. The van der Waals surface area contributed by atoms with Crippen molar-refractivity contribution in [3.63, 3.8) is 0 Å². The van der Waals surface area contributed by atoms with Crippen LogP contribution in [0.2, 0.25) is 0 Å². The van der Waals surface area contributed by atoms with Crippen LogP contribution in [0.3, 0.4) is 0 Å². The van der Waals surface area contributed by atoms with Crippen LogP contribution in [0.1, 0.15) is 23.6 Å². The lowest BCUT2D eigenvalue weighted by Gasteiger charge is -2.08. The smallest absolute Gasteiger partial charge is 0.240 e. The Labute approximate surface area is 149 Å². The molecule has 2 aromatic carbocycles. The van der Waals surface area contributed by atoms with E-state index >= 15 is 0 Å². The molecule has 5 nitrogen and oxygen atoms in total. The van der Waals surface area contributed by atoms with Crippen LogP contribution in [0.15, 0.2) is 58.4 Å². The maximum Gasteiger partial charge on any atom is 0.240 e. The molecular weight excluding hydrogens is 346 g/mol. The lowest BCUT2D eigenvalue weighted by Crippen LogP contribution is -2.23. The number of amidine groups is 1. The van der Waals surface area contributed by atoms with Gasteiger partial charge in [0.05, 0.1) is 17.3 Å². The molecule has 0 bridgehead atoms. The Bertz CT molecular complexity index is 799. The lowest BCUT2D eigenvalue weighted by molar-refractivity contribution is 0.581. The van der Waals surface area contributed by atoms with Crippen LogP contribution in [0, 0.1) is 6.92 Å². The minimum atomic E-state index is -3.51. The Kier molecular flexibility index (Phi) is 7.41. The molecule has 130 valence electrons. The first kappa shape index (κ1) is 20.2. The molecule has 0 atom stereocenters. The van der Waals surface area contributed by atoms with E-state index in [4.69, 9.17) is 5.73 Å². The van der Waals surface area contributed by atoms with Crippen LogP contribution in [0.25, 0.3) is 0 Å². The zero-order valence-corrected chi connectivity index (χ0v) is 15.3. The van der Waals surface area contributed by atoms with Crippen LogP contribution in [0.5, 0.6) is 0 Å². The predicted molar refractivity (Wildman–Crippen MR) is 99.9 cm³/mol. The number of sulfonamides is 1. The predicted octanol–water partition coefficient (Wildman–Crippen LogP) is 2.77. The number of aryl methyl sites for hydroxylation is 1. The van der Waals surface area contributed by atoms with Crippen molar-refractivity contribution >= 4 is 28.3 Å². The minimum Gasteiger partial charge on any atom is -0.388 e. The molecule has 0 aliphatic rings. The molecule has 2 rings (SSSR count). The van der Waals surface area contributed by atoms with Gasteiger partial charge >= 0.3 is 0 Å². The Morgan fingerprint density at radius 1 is 1.12 bits per heavy atom. The average molecular weight is 368 g/mol. The third kappa shape index (κ3) is 5.96. The van der Waals surface area contributed by atoms with E-state index in [2.05, 4.69) is 9.71 Å². The SMILES string of the molecule is CC(N)=NCc1cccc(CNS(=O)(=O)c2ccc(C)cc2)c1.Cl. The summed E-state index contributed by atoms with van der Waals surface area (Å²) in [7, 11) is -3.51. The molecule has 0 spiro atoms. The third-order valence-corrected chi connectivity index (χ3v) is 4.72. The summed E-state index contributed by atoms with van der Waals surface area (Å²) in [6, 6.07) is 14.4. The number of halogens is 1. The molecule has 0 aliphatic heterocycles. The van der Waals surface area contributed by atoms with Crippen molar-refractivity contribution in [1.29, 1.82) is 0 Å². The van der Waals surface area contributed by atoms with Gasteiger partial charge < -0.3 is 5.73 Å². The second-order valence-corrected chi connectivity index (χ2v) is 7.18. The molecular formula is C17H22ClN3O2S. The van der Waals surface area contributed by atoms with Gasteiger partial charge in [0.2, 0.25) is 10.0 Å². The summed E-state index contributed by atoms with van der Waals surface area (Å²) in [5, 5.41) is 0. The fourth-order valence-corrected chi connectivity index (χ4v) is 3.05. The summed E-state index contributed by atoms with van der Waals surface area (Å²) in [4.78, 5) is 4.42. The molecule has 0 heterocycles. The summed E-state index contributed by atoms with van der Waals surface area (Å²) in [6.45, 7) is 4.37. The number of aliphatic imine (C=N–C) groups is 1. The van der Waals surface area contributed by atoms with E-state index in [1.807, 2.05) is 31.2 Å². The van der Waals surface area contributed by atoms with E-state index in [9.17, 15) is 8.42 Å². The van der Waals surface area contributed by atoms with Gasteiger partial charge in [0, 0.05) is 6.54 Å². The number of benzene rings is 2. The summed E-state index contributed by atoms with van der Waals surface area (Å²) >= 11 is 0. The summed E-state index contributed by atoms with van der Waals surface area (Å²) in [5.41, 5.74) is 8.41. The van der Waals surface area contributed by atoms with Gasteiger partial charge in [0.1, 0.15) is 0 Å². The van der Waals surface area contributed by atoms with E-state index < -0.39 is 10.0 Å². The van der Waals surface area contributed by atoms with Crippen molar-refractivity contribution in [2.24, 2.45) is 10.7 Å². The van der Waals surface area contributed by atoms with Gasteiger partial charge in [-0.25, -0.2) is 13.1 Å². The minimum absolute atomic E-state index is 0. The standard InChI is InChI=1S/C17H21N3O2S.ClH/c1-13-6-8-17(9-7-13)23(21,22)20-12-16-5-3-4-15(10-16)11-19-14(2)18;/h3-10,20H,11-12H2,1-2H3,(H2,18,19);1H. The zero-order chi connectivity index (χ0) is 16.9. The van der Waals surface area contributed by atoms with Crippen molar-refractivity contribution in [2.45, 2.75) is 31.8 Å². The van der Waals surface area contributed by atoms with Crippen molar-refractivity contribution in [2.75, 3.05) is 0 Å². The van der Waals surface area contributed by atoms with E-state index in [0.717, 1.165) is 16.7 Å². The molecule has 0 unspecified atom stereocenters. The van der Waals surface area contributed by atoms with E-state index in [-0.39, 0.29) is 23.8 Å². The molecule has 0 saturated carbocycles. The lowest BCUT2D eigenvalue weighted by atomic mass is 10.1. The second kappa shape index (κ2) is 8.82. The summed E-state index contributed by atoms with van der Waals surface area (Å²) in [5.74, 6) is 0.524. The quantitative estimate of drug-likeness (QED) is 0.608. The van der Waals surface area contributed by atoms with E-state index in [1.165, 1.54) is 0 Å². The van der Waals surface area contributed by atoms with Crippen LogP contribution in [-0.4, -0.2) is 14.3 Å². The number of hydrogen-bond acceptors (Lipinski definition) is 3. The number of rotatable bonds is 6. The fraction of sp³-hybridized carbons (Fsp3) is 0.235. The number of nitrogens with zero attached hydrogens (tertiary/aromatic N) is 1. The van der Waals surface area contributed by atoms with Crippen molar-refractivity contribution in [3.05, 3.63) is 65.2 Å². The van der Waals surface area contributed by atoms with E-state index in [0.29, 0.717) is 12.4 Å². The Hall–Kier alpha value is -1.89. The highest BCUT2D eigenvalue weighted by Crippen LogP contribution is 2.12. The average Bonchev–Trinajstić information content (AvgIpc) is 2.52. The van der Waals surface area contributed by atoms with Crippen molar-refractivity contribution in [3.8, 4) is 0 Å². The van der Waals surface area contributed by atoms with Gasteiger partial charge in [-0.1, -0.05) is 42.0 Å². The molecule has 0 saturated heterocycles. The molecule has 0 radical (unpaired) electrons. The summed E-state index contributed by atoms with van der Waals surface area (Å²) < 4.78 is 27.1. The highest BCUT2D eigenvalue weighted by molar-refractivity contribution is 7.89. The fourth-order valence-electron chi connectivity index (χ4n) is 2.03. The zero-order valence-electron chi connectivity index (χ0n) is 13.7. The van der Waals surface area contributed by atoms with Gasteiger partial charge in [-0.2, -0.15) is 0 Å². The van der Waals surface area contributed by atoms with E-state index in [1.54, 1.807) is 31.2 Å². The van der Waals surface area contributed by atoms with Gasteiger partial charge in [0.15, 0.2) is 0 Å². The first-order chi connectivity index (χ1) is 10.9.